The number of rotatable bonds is 7. The number of nitrogens with zero attached hydrogens (tertiary/aromatic N) is 2. The van der Waals surface area contributed by atoms with Crippen LogP contribution in [0.1, 0.15) is 22.3 Å². The smallest absolute Gasteiger partial charge is 0.266 e. The second-order valence-electron chi connectivity index (χ2n) is 9.94. The normalized spacial score (nSPS) is 20.5. The largest absolute Gasteiger partial charge is 0.361 e. The summed E-state index contributed by atoms with van der Waals surface area (Å²) in [5, 5.41) is 0. The van der Waals surface area contributed by atoms with Crippen molar-refractivity contribution in [3.63, 3.8) is 0 Å². The maximum absolute atomic E-state index is 13.8. The van der Waals surface area contributed by atoms with Crippen molar-refractivity contribution in [3.8, 4) is 0 Å². The molecular weight excluding hydrogens is 472 g/mol. The van der Waals surface area contributed by atoms with Crippen LogP contribution in [0.25, 0.3) is 0 Å². The van der Waals surface area contributed by atoms with Gasteiger partial charge in [-0.25, -0.2) is 12.7 Å². The lowest BCUT2D eigenvalue weighted by Crippen LogP contribution is -2.58. The van der Waals surface area contributed by atoms with Gasteiger partial charge < -0.3 is 4.74 Å². The van der Waals surface area contributed by atoms with Gasteiger partial charge in [-0.2, -0.15) is 0 Å². The molecule has 34 heavy (non-hydrogen) atoms. The average Bonchev–Trinajstić information content (AvgIpc) is 3.16. The summed E-state index contributed by atoms with van der Waals surface area (Å²) in [6.45, 7) is 8.43. The van der Waals surface area contributed by atoms with E-state index in [1.807, 2.05) is 6.92 Å². The number of anilines is 1. The maximum Gasteiger partial charge on any atom is 0.266 e. The van der Waals surface area contributed by atoms with Crippen molar-refractivity contribution in [2.45, 2.75) is 49.5 Å². The molecular formula is C24H28N2O6SSi. The third kappa shape index (κ3) is 3.89. The second-order valence-corrected chi connectivity index (χ2v) is 17.3. The molecule has 0 N–H and O–H groups in total. The van der Waals surface area contributed by atoms with Gasteiger partial charge in [0.2, 0.25) is 17.2 Å². The Morgan fingerprint density at radius 3 is 2.29 bits per heavy atom. The number of carbonyl (C=O) groups is 3. The predicted octanol–water partition coefficient (Wildman–Crippen LogP) is 3.20. The number of fused-ring (bicyclic) bond motifs is 1. The number of amides is 2. The highest BCUT2D eigenvalue weighted by Gasteiger charge is 2.67. The fourth-order valence-electron chi connectivity index (χ4n) is 4.24. The van der Waals surface area contributed by atoms with Crippen molar-refractivity contribution < 1.29 is 27.5 Å². The number of para-hydroxylation sites is 1. The first kappa shape index (κ1) is 24.3. The number of likely N-dealkylation sites (tertiary alicyclic amines) is 1. The summed E-state index contributed by atoms with van der Waals surface area (Å²) in [6, 6.07) is 13.2. The highest BCUT2D eigenvalue weighted by atomic mass is 32.2. The topological polar surface area (TPSA) is 101 Å². The van der Waals surface area contributed by atoms with E-state index in [9.17, 15) is 22.8 Å². The van der Waals surface area contributed by atoms with Crippen LogP contribution in [0, 0.1) is 6.92 Å². The number of hydrogen-bond acceptors (Lipinski definition) is 6. The van der Waals surface area contributed by atoms with E-state index in [0.29, 0.717) is 6.61 Å². The van der Waals surface area contributed by atoms with Crippen LogP contribution in [0.3, 0.4) is 0 Å². The fraction of sp³-hybridized carbons (Fsp3) is 0.375. The van der Waals surface area contributed by atoms with Crippen LogP contribution in [0.2, 0.25) is 25.7 Å². The number of hydrogen-bond donors (Lipinski definition) is 0. The van der Waals surface area contributed by atoms with Crippen molar-refractivity contribution in [2.75, 3.05) is 17.6 Å². The number of ether oxygens (including phenoxy) is 1. The van der Waals surface area contributed by atoms with Crippen molar-refractivity contribution in [1.29, 1.82) is 0 Å². The summed E-state index contributed by atoms with van der Waals surface area (Å²) in [5.74, 6) is -2.20. The minimum Gasteiger partial charge on any atom is -0.361 e. The van der Waals surface area contributed by atoms with Crippen LogP contribution >= 0.6 is 0 Å². The number of aryl methyl sites for hydroxylation is 1. The molecule has 8 nitrogen and oxygen atoms in total. The Labute approximate surface area is 200 Å². The monoisotopic (exact) mass is 500 g/mol. The molecule has 180 valence electrons. The maximum atomic E-state index is 13.8. The standard InChI is InChI=1S/C24H28N2O6SSi/c1-17-9-11-18(12-10-17)33(30,31)26-20-8-6-5-7-19(20)22(28)24(26)15-21(27)25(23(24)29)16-32-13-14-34(2,3)4/h5-12H,13-16H2,1-4H3. The van der Waals surface area contributed by atoms with E-state index in [0.717, 1.165) is 20.8 Å². The quantitative estimate of drug-likeness (QED) is 0.250. The van der Waals surface area contributed by atoms with Gasteiger partial charge >= 0.3 is 0 Å². The van der Waals surface area contributed by atoms with Crippen LogP contribution in [-0.4, -0.2) is 57.9 Å². The fourth-order valence-corrected chi connectivity index (χ4v) is 6.74. The van der Waals surface area contributed by atoms with Crippen LogP contribution < -0.4 is 4.31 Å². The number of ketones is 1. The molecule has 10 heteroatoms. The van der Waals surface area contributed by atoms with Gasteiger partial charge in [0, 0.05) is 20.2 Å². The minimum atomic E-state index is -4.34. The summed E-state index contributed by atoms with van der Waals surface area (Å²) < 4.78 is 34.1. The van der Waals surface area contributed by atoms with E-state index >= 15 is 0 Å². The van der Waals surface area contributed by atoms with Gasteiger partial charge in [-0.1, -0.05) is 49.5 Å². The highest BCUT2D eigenvalue weighted by molar-refractivity contribution is 7.93. The van der Waals surface area contributed by atoms with E-state index < -0.39 is 47.7 Å². The zero-order valence-corrected chi connectivity index (χ0v) is 21.5. The molecule has 0 saturated carbocycles. The van der Waals surface area contributed by atoms with Crippen molar-refractivity contribution in [2.24, 2.45) is 0 Å². The molecule has 2 aromatic rings. The van der Waals surface area contributed by atoms with E-state index in [1.54, 1.807) is 24.3 Å². The first-order valence-corrected chi connectivity index (χ1v) is 16.2. The molecule has 1 atom stereocenters. The van der Waals surface area contributed by atoms with Crippen molar-refractivity contribution >= 4 is 41.4 Å². The molecule has 1 saturated heterocycles. The van der Waals surface area contributed by atoms with E-state index in [-0.39, 0.29) is 22.9 Å². The van der Waals surface area contributed by atoms with Crippen LogP contribution in [0.15, 0.2) is 53.4 Å². The predicted molar refractivity (Wildman–Crippen MR) is 130 cm³/mol. The Hall–Kier alpha value is -2.82. The zero-order chi connectivity index (χ0) is 24.9. The Balaban J connectivity index is 1.75. The van der Waals surface area contributed by atoms with Gasteiger partial charge in [0.1, 0.15) is 6.73 Å². The molecule has 1 unspecified atom stereocenters. The molecule has 0 radical (unpaired) electrons. The van der Waals surface area contributed by atoms with E-state index in [1.165, 1.54) is 24.3 Å². The van der Waals surface area contributed by atoms with Crippen LogP contribution in [-0.2, 0) is 24.3 Å². The van der Waals surface area contributed by atoms with Crippen LogP contribution in [0.5, 0.6) is 0 Å². The van der Waals surface area contributed by atoms with Gasteiger partial charge in [0.15, 0.2) is 0 Å². The number of Topliss-reactive ketones (excluding diaryl/α,β-unsaturated/α-hetero) is 1. The lowest BCUT2D eigenvalue weighted by Gasteiger charge is -2.32. The molecule has 2 aliphatic heterocycles. The molecule has 0 aromatic heterocycles. The Morgan fingerprint density at radius 2 is 1.65 bits per heavy atom. The third-order valence-electron chi connectivity index (χ3n) is 6.17. The van der Waals surface area contributed by atoms with Gasteiger partial charge in [0.25, 0.3) is 15.9 Å². The first-order valence-electron chi connectivity index (χ1n) is 11.1. The Kier molecular flexibility index (Phi) is 6.03. The summed E-state index contributed by atoms with van der Waals surface area (Å²) in [4.78, 5) is 41.0. The molecule has 0 aliphatic carbocycles. The molecule has 0 bridgehead atoms. The summed E-state index contributed by atoms with van der Waals surface area (Å²) >= 11 is 0. The van der Waals surface area contributed by atoms with Gasteiger partial charge in [0.05, 0.1) is 17.0 Å². The zero-order valence-electron chi connectivity index (χ0n) is 19.7. The van der Waals surface area contributed by atoms with Crippen molar-refractivity contribution in [1.82, 2.24) is 4.90 Å². The average molecular weight is 501 g/mol. The summed E-state index contributed by atoms with van der Waals surface area (Å²) in [6.07, 6.45) is -0.568. The molecule has 2 heterocycles. The van der Waals surface area contributed by atoms with E-state index in [2.05, 4.69) is 19.6 Å². The van der Waals surface area contributed by atoms with Gasteiger partial charge in [-0.15, -0.1) is 0 Å². The number of imide groups is 1. The Morgan fingerprint density at radius 1 is 1.00 bits per heavy atom. The highest BCUT2D eigenvalue weighted by Crippen LogP contribution is 2.47. The minimum absolute atomic E-state index is 0.0629. The molecule has 1 spiro atoms. The lowest BCUT2D eigenvalue weighted by atomic mass is 9.92. The molecule has 2 aromatic carbocycles. The summed E-state index contributed by atoms with van der Waals surface area (Å²) in [7, 11) is -5.73. The Bertz CT molecular complexity index is 1270. The van der Waals surface area contributed by atoms with Crippen LogP contribution in [0.4, 0.5) is 5.69 Å². The number of carbonyl (C=O) groups excluding carboxylic acids is 3. The lowest BCUT2D eigenvalue weighted by molar-refractivity contribution is -0.145. The number of sulfonamides is 1. The second kappa shape index (κ2) is 8.44. The number of benzene rings is 2. The molecule has 1 fully saturated rings. The SMILES string of the molecule is Cc1ccc(S(=O)(=O)N2c3ccccc3C(=O)C23CC(=O)N(COCC[Si](C)(C)C)C3=O)cc1. The molecule has 2 aliphatic rings. The third-order valence-corrected chi connectivity index (χ3v) is 9.73. The molecule has 4 rings (SSSR count). The first-order chi connectivity index (χ1) is 15.9. The van der Waals surface area contributed by atoms with Gasteiger partial charge in [-0.3, -0.25) is 19.3 Å². The summed E-state index contributed by atoms with van der Waals surface area (Å²) in [5.41, 5.74) is -1.14. The van der Waals surface area contributed by atoms with Crippen molar-refractivity contribution in [3.05, 3.63) is 59.7 Å². The van der Waals surface area contributed by atoms with E-state index in [4.69, 9.17) is 4.74 Å². The van der Waals surface area contributed by atoms with Gasteiger partial charge in [-0.05, 0) is 37.2 Å². The molecule has 2 amide bonds.